The van der Waals surface area contributed by atoms with E-state index in [-0.39, 0.29) is 18.3 Å². The number of benzene rings is 2. The molecule has 0 spiro atoms. The van der Waals surface area contributed by atoms with Crippen molar-refractivity contribution in [1.82, 2.24) is 25.0 Å². The number of ether oxygens (including phenoxy) is 2. The maximum absolute atomic E-state index is 12.8. The number of carbonyl (C=O) groups is 1. The molecule has 9 nitrogen and oxygen atoms in total. The summed E-state index contributed by atoms with van der Waals surface area (Å²) in [4.78, 5) is 20.9. The summed E-state index contributed by atoms with van der Waals surface area (Å²) in [5.74, 6) is 1.04. The van der Waals surface area contributed by atoms with E-state index in [1.807, 2.05) is 32.0 Å². The zero-order valence-corrected chi connectivity index (χ0v) is 20.7. The second-order valence-corrected chi connectivity index (χ2v) is 8.50. The minimum Gasteiger partial charge on any atom is -0.492 e. The molecular weight excluding hydrogens is 489 g/mol. The number of alkyl halides is 3. The number of carbonyl (C=O) groups excluding carboxylic acids is 1. The monoisotopic (exact) mass is 518 g/mol. The predicted octanol–water partition coefficient (Wildman–Crippen LogP) is 4.29. The smallest absolute Gasteiger partial charge is 0.492 e. The third-order valence-corrected chi connectivity index (χ3v) is 5.82. The SMILES string of the molecule is CCOc1cc(N2CCCN(C(=O)NCc3cccc(OC(F)(F)F)c3)CC2)ccc1-n1cnc(C)n1. The quantitative estimate of drug-likeness (QED) is 0.502. The highest BCUT2D eigenvalue weighted by Gasteiger charge is 2.31. The number of amides is 2. The van der Waals surface area contributed by atoms with Gasteiger partial charge in [-0.15, -0.1) is 13.2 Å². The molecule has 1 aliphatic heterocycles. The zero-order valence-electron chi connectivity index (χ0n) is 20.7. The number of hydrogen-bond acceptors (Lipinski definition) is 6. The highest BCUT2D eigenvalue weighted by Crippen LogP contribution is 2.29. The molecule has 2 amide bonds. The van der Waals surface area contributed by atoms with E-state index in [1.54, 1.807) is 22.0 Å². The summed E-state index contributed by atoms with van der Waals surface area (Å²) in [6.45, 7) is 6.78. The maximum Gasteiger partial charge on any atom is 0.573 e. The fraction of sp³-hybridized carbons (Fsp3) is 0.400. The molecule has 1 aromatic heterocycles. The summed E-state index contributed by atoms with van der Waals surface area (Å²) in [6.07, 6.45) is -2.36. The number of aryl methyl sites for hydroxylation is 1. The first-order chi connectivity index (χ1) is 17.7. The van der Waals surface area contributed by atoms with Crippen LogP contribution in [0.25, 0.3) is 5.69 Å². The number of nitrogens with one attached hydrogen (secondary N) is 1. The molecule has 12 heteroatoms. The third kappa shape index (κ3) is 7.05. The molecule has 1 fully saturated rings. The normalized spacial score (nSPS) is 14.3. The second kappa shape index (κ2) is 11.4. The largest absolute Gasteiger partial charge is 0.573 e. The zero-order chi connectivity index (χ0) is 26.4. The highest BCUT2D eigenvalue weighted by molar-refractivity contribution is 5.74. The van der Waals surface area contributed by atoms with Crippen molar-refractivity contribution in [3.63, 3.8) is 0 Å². The van der Waals surface area contributed by atoms with Gasteiger partial charge in [-0.2, -0.15) is 5.10 Å². The Hall–Kier alpha value is -3.96. The highest BCUT2D eigenvalue weighted by atomic mass is 19.4. The molecule has 198 valence electrons. The molecule has 0 aliphatic carbocycles. The van der Waals surface area contributed by atoms with Crippen LogP contribution in [0.5, 0.6) is 11.5 Å². The third-order valence-electron chi connectivity index (χ3n) is 5.82. The van der Waals surface area contributed by atoms with Gasteiger partial charge in [0.05, 0.1) is 6.61 Å². The van der Waals surface area contributed by atoms with Crippen molar-refractivity contribution in [3.05, 3.63) is 60.2 Å². The summed E-state index contributed by atoms with van der Waals surface area (Å²) in [7, 11) is 0. The van der Waals surface area contributed by atoms with Gasteiger partial charge in [-0.3, -0.25) is 0 Å². The number of halogens is 3. The van der Waals surface area contributed by atoms with E-state index < -0.39 is 6.36 Å². The summed E-state index contributed by atoms with van der Waals surface area (Å²) in [5.41, 5.74) is 2.29. The van der Waals surface area contributed by atoms with Gasteiger partial charge in [0, 0.05) is 44.5 Å². The fourth-order valence-corrected chi connectivity index (χ4v) is 4.14. The number of rotatable bonds is 7. The topological polar surface area (TPSA) is 84.8 Å². The molecule has 0 atom stereocenters. The van der Waals surface area contributed by atoms with Crippen molar-refractivity contribution in [2.24, 2.45) is 0 Å². The van der Waals surface area contributed by atoms with Crippen LogP contribution >= 0.6 is 0 Å². The van der Waals surface area contributed by atoms with Gasteiger partial charge in [0.25, 0.3) is 0 Å². The van der Waals surface area contributed by atoms with E-state index in [1.165, 1.54) is 18.2 Å². The number of anilines is 1. The van der Waals surface area contributed by atoms with Crippen molar-refractivity contribution in [2.45, 2.75) is 33.2 Å². The van der Waals surface area contributed by atoms with Crippen LogP contribution in [0.1, 0.15) is 24.7 Å². The van der Waals surface area contributed by atoms with Crippen molar-refractivity contribution in [3.8, 4) is 17.2 Å². The van der Waals surface area contributed by atoms with E-state index in [0.717, 1.165) is 24.3 Å². The Kier molecular flexibility index (Phi) is 8.04. The maximum atomic E-state index is 12.8. The average molecular weight is 519 g/mol. The Morgan fingerprint density at radius 3 is 2.68 bits per heavy atom. The molecule has 3 aromatic rings. The molecule has 0 unspecified atom stereocenters. The lowest BCUT2D eigenvalue weighted by Gasteiger charge is -2.25. The molecule has 0 bridgehead atoms. The molecule has 1 saturated heterocycles. The average Bonchev–Trinajstić information content (AvgIpc) is 3.13. The van der Waals surface area contributed by atoms with Crippen LogP contribution in [0.4, 0.5) is 23.7 Å². The van der Waals surface area contributed by atoms with Crippen LogP contribution < -0.4 is 19.7 Å². The summed E-state index contributed by atoms with van der Waals surface area (Å²) >= 11 is 0. The molecule has 2 aromatic carbocycles. The van der Waals surface area contributed by atoms with Crippen LogP contribution in [0.3, 0.4) is 0 Å². The summed E-state index contributed by atoms with van der Waals surface area (Å²) < 4.78 is 48.9. The Bertz CT molecular complexity index is 1220. The Labute approximate surface area is 212 Å². The first-order valence-electron chi connectivity index (χ1n) is 12.0. The van der Waals surface area contributed by atoms with Gasteiger partial charge in [-0.25, -0.2) is 14.5 Å². The number of urea groups is 1. The molecule has 37 heavy (non-hydrogen) atoms. The number of hydrogen-bond donors (Lipinski definition) is 1. The lowest BCUT2D eigenvalue weighted by molar-refractivity contribution is -0.274. The van der Waals surface area contributed by atoms with Crippen molar-refractivity contribution >= 4 is 11.7 Å². The van der Waals surface area contributed by atoms with Crippen LogP contribution in [0.15, 0.2) is 48.8 Å². The van der Waals surface area contributed by atoms with Crippen LogP contribution in [0, 0.1) is 6.92 Å². The van der Waals surface area contributed by atoms with Crippen LogP contribution in [0.2, 0.25) is 0 Å². The fourth-order valence-electron chi connectivity index (χ4n) is 4.14. The molecule has 1 aliphatic rings. The molecule has 2 heterocycles. The minimum absolute atomic E-state index is 0.0923. The standard InChI is InChI=1S/C25H29F3N6O3/c1-3-36-23-15-20(8-9-22(23)34-17-30-18(2)31-34)32-10-5-11-33(13-12-32)24(35)29-16-19-6-4-7-21(14-19)37-25(26,27)28/h4,6-9,14-15,17H,3,5,10-13,16H2,1-2H3,(H,29,35). The lowest BCUT2D eigenvalue weighted by atomic mass is 10.2. The van der Waals surface area contributed by atoms with E-state index in [0.29, 0.717) is 43.4 Å². The van der Waals surface area contributed by atoms with E-state index >= 15 is 0 Å². The molecular formula is C25H29F3N6O3. The number of nitrogens with zero attached hydrogens (tertiary/aromatic N) is 5. The number of aromatic nitrogens is 3. The van der Waals surface area contributed by atoms with E-state index in [9.17, 15) is 18.0 Å². The second-order valence-electron chi connectivity index (χ2n) is 8.50. The van der Waals surface area contributed by atoms with Crippen molar-refractivity contribution < 1.29 is 27.4 Å². The molecule has 0 radical (unpaired) electrons. The summed E-state index contributed by atoms with van der Waals surface area (Å²) in [5, 5.41) is 7.16. The van der Waals surface area contributed by atoms with Gasteiger partial charge in [0.2, 0.25) is 0 Å². The minimum atomic E-state index is -4.76. The van der Waals surface area contributed by atoms with Crippen LogP contribution in [-0.2, 0) is 6.54 Å². The Morgan fingerprint density at radius 1 is 1.11 bits per heavy atom. The Morgan fingerprint density at radius 2 is 1.95 bits per heavy atom. The van der Waals surface area contributed by atoms with Crippen molar-refractivity contribution in [2.75, 3.05) is 37.7 Å². The summed E-state index contributed by atoms with van der Waals surface area (Å²) in [6, 6.07) is 11.2. The molecule has 0 saturated carbocycles. The van der Waals surface area contributed by atoms with Gasteiger partial charge in [0.1, 0.15) is 29.3 Å². The van der Waals surface area contributed by atoms with Gasteiger partial charge in [0.15, 0.2) is 0 Å². The van der Waals surface area contributed by atoms with Gasteiger partial charge in [-0.05, 0) is 50.1 Å². The van der Waals surface area contributed by atoms with Crippen LogP contribution in [-0.4, -0.2) is 64.8 Å². The molecule has 4 rings (SSSR count). The van der Waals surface area contributed by atoms with Gasteiger partial charge < -0.3 is 24.6 Å². The van der Waals surface area contributed by atoms with Gasteiger partial charge in [-0.1, -0.05) is 12.1 Å². The van der Waals surface area contributed by atoms with E-state index in [2.05, 4.69) is 25.0 Å². The molecule has 1 N–H and O–H groups in total. The first kappa shape index (κ1) is 26.1. The van der Waals surface area contributed by atoms with Gasteiger partial charge >= 0.3 is 12.4 Å². The van der Waals surface area contributed by atoms with E-state index in [4.69, 9.17) is 4.74 Å². The first-order valence-corrected chi connectivity index (χ1v) is 12.0. The predicted molar refractivity (Wildman–Crippen MR) is 131 cm³/mol. The lowest BCUT2D eigenvalue weighted by Crippen LogP contribution is -2.41. The van der Waals surface area contributed by atoms with Crippen molar-refractivity contribution in [1.29, 1.82) is 0 Å². The Balaban J connectivity index is 1.36.